The summed E-state index contributed by atoms with van der Waals surface area (Å²) in [7, 11) is 0. The standard InChI is InChI=1S/C16H28N2O/c1-6-19-16(12(4)5)15(18-17)14-9-7-13(8-10-14)11(2)3/h7-12,15-16,18H,6,17H2,1-5H3. The van der Waals surface area contributed by atoms with E-state index >= 15 is 0 Å². The van der Waals surface area contributed by atoms with Gasteiger partial charge in [-0.25, -0.2) is 0 Å². The number of nitrogens with one attached hydrogen (secondary N) is 1. The molecule has 2 unspecified atom stereocenters. The van der Waals surface area contributed by atoms with Crippen molar-refractivity contribution in [1.29, 1.82) is 0 Å². The van der Waals surface area contributed by atoms with Crippen LogP contribution in [-0.2, 0) is 4.74 Å². The Kier molecular flexibility index (Phi) is 6.49. The number of hydrazine groups is 1. The van der Waals surface area contributed by atoms with E-state index in [4.69, 9.17) is 10.6 Å². The van der Waals surface area contributed by atoms with E-state index in [0.717, 1.165) is 0 Å². The lowest BCUT2D eigenvalue weighted by atomic mass is 9.92. The molecule has 0 aliphatic heterocycles. The molecule has 3 nitrogen and oxygen atoms in total. The van der Waals surface area contributed by atoms with Crippen LogP contribution >= 0.6 is 0 Å². The van der Waals surface area contributed by atoms with Gasteiger partial charge >= 0.3 is 0 Å². The summed E-state index contributed by atoms with van der Waals surface area (Å²) in [5.74, 6) is 6.70. The van der Waals surface area contributed by atoms with Crippen molar-refractivity contribution in [1.82, 2.24) is 5.43 Å². The van der Waals surface area contributed by atoms with Gasteiger partial charge in [0.15, 0.2) is 0 Å². The zero-order chi connectivity index (χ0) is 14.4. The van der Waals surface area contributed by atoms with Gasteiger partial charge in [0, 0.05) is 6.61 Å². The molecule has 0 saturated heterocycles. The van der Waals surface area contributed by atoms with E-state index in [1.165, 1.54) is 11.1 Å². The van der Waals surface area contributed by atoms with Gasteiger partial charge in [0.2, 0.25) is 0 Å². The molecule has 3 N–H and O–H groups in total. The first kappa shape index (κ1) is 16.2. The summed E-state index contributed by atoms with van der Waals surface area (Å²) in [5.41, 5.74) is 5.43. The van der Waals surface area contributed by atoms with Crippen LogP contribution in [0, 0.1) is 5.92 Å². The van der Waals surface area contributed by atoms with Gasteiger partial charge in [0.1, 0.15) is 0 Å². The minimum Gasteiger partial charge on any atom is -0.376 e. The maximum atomic E-state index is 5.85. The lowest BCUT2D eigenvalue weighted by Gasteiger charge is -2.30. The van der Waals surface area contributed by atoms with Crippen molar-refractivity contribution in [3.05, 3.63) is 35.4 Å². The maximum Gasteiger partial charge on any atom is 0.0805 e. The fourth-order valence-corrected chi connectivity index (χ4v) is 2.34. The average molecular weight is 264 g/mol. The van der Waals surface area contributed by atoms with Crippen LogP contribution in [-0.4, -0.2) is 12.7 Å². The maximum absolute atomic E-state index is 5.85. The Hall–Kier alpha value is -0.900. The summed E-state index contributed by atoms with van der Waals surface area (Å²) < 4.78 is 5.85. The fraction of sp³-hybridized carbons (Fsp3) is 0.625. The Bertz CT molecular complexity index is 360. The van der Waals surface area contributed by atoms with Gasteiger partial charge in [0.25, 0.3) is 0 Å². The molecule has 1 aromatic rings. The van der Waals surface area contributed by atoms with E-state index < -0.39 is 0 Å². The third-order valence-electron chi connectivity index (χ3n) is 3.49. The van der Waals surface area contributed by atoms with Crippen LogP contribution in [0.15, 0.2) is 24.3 Å². The van der Waals surface area contributed by atoms with Gasteiger partial charge in [-0.3, -0.25) is 11.3 Å². The molecule has 0 aliphatic carbocycles. The molecule has 0 fully saturated rings. The topological polar surface area (TPSA) is 47.3 Å². The molecule has 0 bridgehead atoms. The van der Waals surface area contributed by atoms with E-state index in [1.54, 1.807) is 0 Å². The molecule has 3 heteroatoms. The first-order valence-corrected chi connectivity index (χ1v) is 7.18. The van der Waals surface area contributed by atoms with Crippen molar-refractivity contribution in [2.45, 2.75) is 52.7 Å². The molecule has 108 valence electrons. The van der Waals surface area contributed by atoms with E-state index in [-0.39, 0.29) is 12.1 Å². The average Bonchev–Trinajstić information content (AvgIpc) is 2.39. The van der Waals surface area contributed by atoms with Gasteiger partial charge in [0.05, 0.1) is 12.1 Å². The quantitative estimate of drug-likeness (QED) is 0.586. The van der Waals surface area contributed by atoms with Gasteiger partial charge in [-0.15, -0.1) is 0 Å². The number of hydrogen-bond donors (Lipinski definition) is 2. The van der Waals surface area contributed by atoms with Crippen molar-refractivity contribution in [3.63, 3.8) is 0 Å². The molecule has 19 heavy (non-hydrogen) atoms. The first-order valence-electron chi connectivity index (χ1n) is 7.18. The largest absolute Gasteiger partial charge is 0.376 e. The van der Waals surface area contributed by atoms with E-state index in [0.29, 0.717) is 18.4 Å². The lowest BCUT2D eigenvalue weighted by Crippen LogP contribution is -2.40. The van der Waals surface area contributed by atoms with E-state index in [9.17, 15) is 0 Å². The van der Waals surface area contributed by atoms with Crippen LogP contribution in [0.5, 0.6) is 0 Å². The Morgan fingerprint density at radius 3 is 1.95 bits per heavy atom. The van der Waals surface area contributed by atoms with Gasteiger partial charge in [-0.2, -0.15) is 0 Å². The second kappa shape index (κ2) is 7.63. The Morgan fingerprint density at radius 1 is 1.05 bits per heavy atom. The number of benzene rings is 1. The summed E-state index contributed by atoms with van der Waals surface area (Å²) in [6.07, 6.45) is 0.0832. The van der Waals surface area contributed by atoms with Crippen molar-refractivity contribution in [3.8, 4) is 0 Å². The third kappa shape index (κ3) is 4.30. The fourth-order valence-electron chi connectivity index (χ4n) is 2.34. The van der Waals surface area contributed by atoms with Crippen molar-refractivity contribution in [2.75, 3.05) is 6.61 Å². The predicted molar refractivity (Wildman–Crippen MR) is 80.8 cm³/mol. The molecule has 0 aromatic heterocycles. The number of hydrogen-bond acceptors (Lipinski definition) is 3. The van der Waals surface area contributed by atoms with E-state index in [2.05, 4.69) is 57.4 Å². The Labute approximate surface area is 117 Å². The van der Waals surface area contributed by atoms with Crippen LogP contribution in [0.3, 0.4) is 0 Å². The molecule has 0 saturated carbocycles. The molecule has 2 atom stereocenters. The second-order valence-corrected chi connectivity index (χ2v) is 5.63. The third-order valence-corrected chi connectivity index (χ3v) is 3.49. The molecular weight excluding hydrogens is 236 g/mol. The molecule has 0 radical (unpaired) electrons. The predicted octanol–water partition coefficient (Wildman–Crippen LogP) is 3.38. The smallest absolute Gasteiger partial charge is 0.0805 e. The zero-order valence-electron chi connectivity index (χ0n) is 12.8. The number of rotatable bonds is 7. The van der Waals surface area contributed by atoms with Crippen molar-refractivity contribution in [2.24, 2.45) is 11.8 Å². The summed E-state index contributed by atoms with van der Waals surface area (Å²) in [4.78, 5) is 0. The Balaban J connectivity index is 2.94. The highest BCUT2D eigenvalue weighted by Gasteiger charge is 2.25. The molecule has 1 rings (SSSR count). The van der Waals surface area contributed by atoms with Crippen LogP contribution in [0.25, 0.3) is 0 Å². The van der Waals surface area contributed by atoms with Crippen molar-refractivity contribution >= 4 is 0 Å². The van der Waals surface area contributed by atoms with Crippen LogP contribution in [0.4, 0.5) is 0 Å². The normalized spacial score (nSPS) is 14.9. The highest BCUT2D eigenvalue weighted by molar-refractivity contribution is 5.27. The van der Waals surface area contributed by atoms with Gasteiger partial charge < -0.3 is 4.74 Å². The van der Waals surface area contributed by atoms with Crippen LogP contribution in [0.2, 0.25) is 0 Å². The molecule has 0 heterocycles. The first-order chi connectivity index (χ1) is 9.01. The summed E-state index contributed by atoms with van der Waals surface area (Å²) in [6.45, 7) is 11.4. The number of ether oxygens (including phenoxy) is 1. The van der Waals surface area contributed by atoms with Crippen LogP contribution in [0.1, 0.15) is 57.7 Å². The zero-order valence-corrected chi connectivity index (χ0v) is 12.8. The van der Waals surface area contributed by atoms with Crippen molar-refractivity contribution < 1.29 is 4.74 Å². The molecule has 1 aromatic carbocycles. The highest BCUT2D eigenvalue weighted by atomic mass is 16.5. The Morgan fingerprint density at radius 2 is 1.58 bits per heavy atom. The number of nitrogens with two attached hydrogens (primary N) is 1. The molecule has 0 spiro atoms. The molecule has 0 amide bonds. The SMILES string of the molecule is CCOC(C(C)C)C(NN)c1ccc(C(C)C)cc1. The lowest BCUT2D eigenvalue weighted by molar-refractivity contribution is 0.00277. The summed E-state index contributed by atoms with van der Waals surface area (Å²) >= 11 is 0. The summed E-state index contributed by atoms with van der Waals surface area (Å²) in [5, 5.41) is 0. The molecular formula is C16H28N2O. The van der Waals surface area contributed by atoms with Gasteiger partial charge in [-0.1, -0.05) is 52.0 Å². The second-order valence-electron chi connectivity index (χ2n) is 5.63. The highest BCUT2D eigenvalue weighted by Crippen LogP contribution is 2.25. The van der Waals surface area contributed by atoms with Crippen LogP contribution < -0.4 is 11.3 Å². The monoisotopic (exact) mass is 264 g/mol. The molecule has 0 aliphatic rings. The minimum absolute atomic E-state index is 0.0289. The van der Waals surface area contributed by atoms with E-state index in [1.807, 2.05) is 6.92 Å². The van der Waals surface area contributed by atoms with Gasteiger partial charge in [-0.05, 0) is 29.9 Å². The summed E-state index contributed by atoms with van der Waals surface area (Å²) in [6, 6.07) is 8.67. The minimum atomic E-state index is 0.0289.